The van der Waals surface area contributed by atoms with E-state index >= 15 is 0 Å². The second-order valence-electron chi connectivity index (χ2n) is 3.92. The van der Waals surface area contributed by atoms with Crippen molar-refractivity contribution in [2.45, 2.75) is 13.3 Å². The zero-order valence-electron chi connectivity index (χ0n) is 10.5. The summed E-state index contributed by atoms with van der Waals surface area (Å²) in [5.41, 5.74) is 7.62. The predicted molar refractivity (Wildman–Crippen MR) is 70.3 cm³/mol. The average Bonchev–Trinajstić information content (AvgIpc) is 2.68. The van der Waals surface area contributed by atoms with Crippen LogP contribution in [0.25, 0.3) is 0 Å². The van der Waals surface area contributed by atoms with E-state index in [0.717, 1.165) is 18.7 Å². The number of nitrogens with zero attached hydrogens (tertiary/aromatic N) is 2. The molecule has 0 aliphatic heterocycles. The van der Waals surface area contributed by atoms with Crippen LogP contribution >= 0.6 is 0 Å². The number of likely N-dealkylation sites (N-methyl/N-ethyl adjacent to an activating group) is 1. The lowest BCUT2D eigenvalue weighted by molar-refractivity contribution is 0.493. The third-order valence-corrected chi connectivity index (χ3v) is 2.43. The normalized spacial score (nSPS) is 11.4. The smallest absolute Gasteiger partial charge is 0.200 e. The Morgan fingerprint density at radius 1 is 1.59 bits per heavy atom. The molecular formula is C11H20N6. The Morgan fingerprint density at radius 3 is 2.76 bits per heavy atom. The van der Waals surface area contributed by atoms with Crippen LogP contribution in [0.1, 0.15) is 11.4 Å². The Kier molecular flexibility index (Phi) is 4.56. The van der Waals surface area contributed by atoms with E-state index in [-0.39, 0.29) is 5.96 Å². The minimum atomic E-state index is -0.104. The first-order valence-corrected chi connectivity index (χ1v) is 5.46. The molecule has 17 heavy (non-hydrogen) atoms. The first-order valence-electron chi connectivity index (χ1n) is 5.46. The molecule has 6 heteroatoms. The second kappa shape index (κ2) is 5.93. The van der Waals surface area contributed by atoms with Gasteiger partial charge in [0.25, 0.3) is 0 Å². The molecule has 0 aliphatic rings. The van der Waals surface area contributed by atoms with Gasteiger partial charge in [-0.15, -0.1) is 0 Å². The van der Waals surface area contributed by atoms with Crippen molar-refractivity contribution in [2.75, 3.05) is 20.6 Å². The fourth-order valence-corrected chi connectivity index (χ4v) is 1.54. The van der Waals surface area contributed by atoms with Gasteiger partial charge in [0.05, 0.1) is 0 Å². The summed E-state index contributed by atoms with van der Waals surface area (Å²) in [5.74, 6) is 0.494. The van der Waals surface area contributed by atoms with E-state index in [0.29, 0.717) is 5.96 Å². The third kappa shape index (κ3) is 4.18. The predicted octanol–water partition coefficient (Wildman–Crippen LogP) is 0.266. The molecule has 0 spiro atoms. The lowest BCUT2D eigenvalue weighted by Crippen LogP contribution is -2.45. The maximum absolute atomic E-state index is 7.17. The Bertz CT molecular complexity index is 406. The molecule has 1 aromatic rings. The quantitative estimate of drug-likeness (QED) is 0.448. The van der Waals surface area contributed by atoms with E-state index in [4.69, 9.17) is 11.1 Å². The number of aromatic amines is 1. The number of hydrogen-bond acceptors (Lipinski definition) is 2. The van der Waals surface area contributed by atoms with Gasteiger partial charge in [-0.05, 0) is 19.1 Å². The maximum Gasteiger partial charge on any atom is 0.200 e. The SMILES string of the molecule is C/N=C(\NC(=N)N)N(C)CCc1ccc(C)[nH]1. The molecule has 0 saturated carbocycles. The molecule has 0 amide bonds. The fraction of sp³-hybridized carbons (Fsp3) is 0.455. The first-order chi connectivity index (χ1) is 8.02. The number of nitrogens with two attached hydrogens (primary N) is 1. The lowest BCUT2D eigenvalue weighted by Gasteiger charge is -2.20. The summed E-state index contributed by atoms with van der Waals surface area (Å²) in [6, 6.07) is 4.13. The van der Waals surface area contributed by atoms with Gasteiger partial charge in [0.1, 0.15) is 0 Å². The van der Waals surface area contributed by atoms with Crippen LogP contribution in [0.2, 0.25) is 0 Å². The van der Waals surface area contributed by atoms with Crippen LogP contribution in [0.15, 0.2) is 17.1 Å². The first kappa shape index (κ1) is 13.1. The summed E-state index contributed by atoms with van der Waals surface area (Å²) in [5, 5.41) is 9.87. The number of guanidine groups is 2. The van der Waals surface area contributed by atoms with Crippen molar-refractivity contribution in [1.29, 1.82) is 5.41 Å². The third-order valence-electron chi connectivity index (χ3n) is 2.43. The zero-order valence-corrected chi connectivity index (χ0v) is 10.5. The summed E-state index contributed by atoms with van der Waals surface area (Å²) in [6.45, 7) is 2.83. The van der Waals surface area contributed by atoms with Crippen LogP contribution in [0, 0.1) is 12.3 Å². The summed E-state index contributed by atoms with van der Waals surface area (Å²) >= 11 is 0. The van der Waals surface area contributed by atoms with Crippen molar-refractivity contribution in [1.82, 2.24) is 15.2 Å². The van der Waals surface area contributed by atoms with E-state index in [1.165, 1.54) is 5.69 Å². The second-order valence-corrected chi connectivity index (χ2v) is 3.92. The zero-order chi connectivity index (χ0) is 12.8. The molecule has 0 aliphatic carbocycles. The van der Waals surface area contributed by atoms with E-state index in [9.17, 15) is 0 Å². The highest BCUT2D eigenvalue weighted by molar-refractivity contribution is 5.96. The highest BCUT2D eigenvalue weighted by atomic mass is 15.3. The van der Waals surface area contributed by atoms with Crippen LogP contribution in [0.4, 0.5) is 0 Å². The van der Waals surface area contributed by atoms with Crippen LogP contribution in [0.5, 0.6) is 0 Å². The number of H-pyrrole nitrogens is 1. The highest BCUT2D eigenvalue weighted by Gasteiger charge is 2.06. The summed E-state index contributed by atoms with van der Waals surface area (Å²) in [6.07, 6.45) is 0.892. The van der Waals surface area contributed by atoms with Crippen LogP contribution in [0.3, 0.4) is 0 Å². The number of aryl methyl sites for hydroxylation is 1. The fourth-order valence-electron chi connectivity index (χ4n) is 1.54. The molecular weight excluding hydrogens is 216 g/mol. The number of nitrogens with one attached hydrogen (secondary N) is 3. The molecule has 0 radical (unpaired) electrons. The molecule has 1 heterocycles. The van der Waals surface area contributed by atoms with Crippen LogP contribution < -0.4 is 11.1 Å². The van der Waals surface area contributed by atoms with E-state index in [2.05, 4.69) is 27.4 Å². The molecule has 6 nitrogen and oxygen atoms in total. The standard InChI is InChI=1S/C11H20N6/c1-8-4-5-9(15-8)6-7-17(3)11(14-2)16-10(12)13/h4-5,15H,6-7H2,1-3H3,(H4,12,13,14,16). The molecule has 94 valence electrons. The van der Waals surface area contributed by atoms with Crippen molar-refractivity contribution in [3.05, 3.63) is 23.5 Å². The lowest BCUT2D eigenvalue weighted by atomic mass is 10.3. The van der Waals surface area contributed by atoms with Crippen molar-refractivity contribution < 1.29 is 0 Å². The Hall–Kier alpha value is -1.98. The molecule has 1 rings (SSSR count). The molecule has 0 bridgehead atoms. The molecule has 0 unspecified atom stereocenters. The number of aliphatic imine (C=N–C) groups is 1. The Balaban J connectivity index is 2.48. The van der Waals surface area contributed by atoms with Gasteiger partial charge >= 0.3 is 0 Å². The van der Waals surface area contributed by atoms with E-state index in [1.54, 1.807) is 7.05 Å². The van der Waals surface area contributed by atoms with Crippen molar-refractivity contribution >= 4 is 11.9 Å². The Morgan fingerprint density at radius 2 is 2.29 bits per heavy atom. The summed E-state index contributed by atoms with van der Waals surface area (Å²) in [4.78, 5) is 9.25. The number of rotatable bonds is 3. The maximum atomic E-state index is 7.17. The average molecular weight is 236 g/mol. The largest absolute Gasteiger partial charge is 0.370 e. The number of hydrogen-bond donors (Lipinski definition) is 4. The van der Waals surface area contributed by atoms with E-state index in [1.807, 2.05) is 18.9 Å². The number of aromatic nitrogens is 1. The molecule has 5 N–H and O–H groups in total. The highest BCUT2D eigenvalue weighted by Crippen LogP contribution is 2.01. The summed E-state index contributed by atoms with van der Waals surface area (Å²) in [7, 11) is 3.58. The van der Waals surface area contributed by atoms with Crippen LogP contribution in [-0.2, 0) is 6.42 Å². The topological polar surface area (TPSA) is 93.3 Å². The van der Waals surface area contributed by atoms with Gasteiger partial charge in [0, 0.05) is 38.4 Å². The van der Waals surface area contributed by atoms with Crippen molar-refractivity contribution in [2.24, 2.45) is 10.7 Å². The van der Waals surface area contributed by atoms with Gasteiger partial charge in [0.2, 0.25) is 0 Å². The van der Waals surface area contributed by atoms with Crippen molar-refractivity contribution in [3.8, 4) is 0 Å². The molecule has 0 atom stereocenters. The van der Waals surface area contributed by atoms with E-state index < -0.39 is 0 Å². The van der Waals surface area contributed by atoms with Crippen LogP contribution in [-0.4, -0.2) is 42.4 Å². The van der Waals surface area contributed by atoms with Crippen molar-refractivity contribution in [3.63, 3.8) is 0 Å². The van der Waals surface area contributed by atoms with Gasteiger partial charge in [-0.3, -0.25) is 15.7 Å². The molecule has 0 aromatic carbocycles. The van der Waals surface area contributed by atoms with Gasteiger partial charge in [-0.1, -0.05) is 0 Å². The van der Waals surface area contributed by atoms with Gasteiger partial charge in [-0.2, -0.15) is 0 Å². The van der Waals surface area contributed by atoms with Gasteiger partial charge in [-0.25, -0.2) is 0 Å². The Labute approximate surface area is 101 Å². The van der Waals surface area contributed by atoms with Gasteiger partial charge in [0.15, 0.2) is 11.9 Å². The minimum Gasteiger partial charge on any atom is -0.370 e. The van der Waals surface area contributed by atoms with Gasteiger partial charge < -0.3 is 15.6 Å². The monoisotopic (exact) mass is 236 g/mol. The summed E-state index contributed by atoms with van der Waals surface area (Å²) < 4.78 is 0. The molecule has 0 saturated heterocycles. The minimum absolute atomic E-state index is 0.104. The molecule has 0 fully saturated rings. The molecule has 1 aromatic heterocycles.